The van der Waals surface area contributed by atoms with Crippen LogP contribution in [-0.4, -0.2) is 48.8 Å². The largest absolute Gasteiger partial charge is 0.395 e. The first kappa shape index (κ1) is 12.9. The SMILES string of the molecule is CC(C)NC(CO)CCN(C)CC1CC1. The number of hydrogen-bond donors (Lipinski definition) is 2. The maximum atomic E-state index is 9.20. The standard InChI is InChI=1S/C12H26N2O/c1-10(2)13-12(9-15)6-7-14(3)8-11-4-5-11/h10-13,15H,4-9H2,1-3H3. The van der Waals surface area contributed by atoms with Crippen LogP contribution in [0, 0.1) is 5.92 Å². The van der Waals surface area contributed by atoms with E-state index in [1.54, 1.807) is 0 Å². The molecule has 0 spiro atoms. The number of hydrogen-bond acceptors (Lipinski definition) is 3. The number of aliphatic hydroxyl groups is 1. The van der Waals surface area contributed by atoms with Crippen LogP contribution in [0.25, 0.3) is 0 Å². The molecule has 3 nitrogen and oxygen atoms in total. The highest BCUT2D eigenvalue weighted by atomic mass is 16.3. The lowest BCUT2D eigenvalue weighted by Gasteiger charge is -2.22. The molecular weight excluding hydrogens is 188 g/mol. The predicted molar refractivity (Wildman–Crippen MR) is 64.0 cm³/mol. The van der Waals surface area contributed by atoms with Gasteiger partial charge in [-0.3, -0.25) is 0 Å². The van der Waals surface area contributed by atoms with Crippen LogP contribution in [0.3, 0.4) is 0 Å². The van der Waals surface area contributed by atoms with Crippen LogP contribution < -0.4 is 5.32 Å². The van der Waals surface area contributed by atoms with Crippen LogP contribution in [0.15, 0.2) is 0 Å². The summed E-state index contributed by atoms with van der Waals surface area (Å²) in [5.74, 6) is 0.959. The van der Waals surface area contributed by atoms with Crippen LogP contribution in [0.2, 0.25) is 0 Å². The van der Waals surface area contributed by atoms with E-state index in [4.69, 9.17) is 0 Å². The zero-order valence-corrected chi connectivity index (χ0v) is 10.4. The lowest BCUT2D eigenvalue weighted by molar-refractivity contribution is 0.209. The summed E-state index contributed by atoms with van der Waals surface area (Å²) in [6.07, 6.45) is 3.87. The highest BCUT2D eigenvalue weighted by Crippen LogP contribution is 2.29. The van der Waals surface area contributed by atoms with E-state index in [0.717, 1.165) is 18.9 Å². The summed E-state index contributed by atoms with van der Waals surface area (Å²) in [5.41, 5.74) is 0. The first-order valence-electron chi connectivity index (χ1n) is 6.17. The smallest absolute Gasteiger partial charge is 0.0585 e. The highest BCUT2D eigenvalue weighted by Gasteiger charge is 2.22. The molecule has 0 aromatic rings. The number of nitrogens with zero attached hydrogens (tertiary/aromatic N) is 1. The van der Waals surface area contributed by atoms with Crippen molar-refractivity contribution in [3.63, 3.8) is 0 Å². The fraction of sp³-hybridized carbons (Fsp3) is 1.00. The normalized spacial score (nSPS) is 18.8. The van der Waals surface area contributed by atoms with Gasteiger partial charge in [-0.15, -0.1) is 0 Å². The molecule has 1 aliphatic rings. The van der Waals surface area contributed by atoms with E-state index in [1.165, 1.54) is 19.4 Å². The topological polar surface area (TPSA) is 35.5 Å². The Labute approximate surface area is 93.9 Å². The van der Waals surface area contributed by atoms with E-state index < -0.39 is 0 Å². The van der Waals surface area contributed by atoms with Gasteiger partial charge in [0.2, 0.25) is 0 Å². The minimum Gasteiger partial charge on any atom is -0.395 e. The summed E-state index contributed by atoms with van der Waals surface area (Å²) in [7, 11) is 2.18. The Morgan fingerprint density at radius 1 is 1.40 bits per heavy atom. The number of rotatable bonds is 8. The summed E-state index contributed by atoms with van der Waals surface area (Å²) < 4.78 is 0. The Hall–Kier alpha value is -0.120. The van der Waals surface area contributed by atoms with E-state index in [1.807, 2.05) is 0 Å². The average molecular weight is 214 g/mol. The molecule has 1 unspecified atom stereocenters. The van der Waals surface area contributed by atoms with Crippen molar-refractivity contribution in [1.29, 1.82) is 0 Å². The van der Waals surface area contributed by atoms with Gasteiger partial charge in [0.05, 0.1) is 6.61 Å². The molecule has 2 N–H and O–H groups in total. The molecule has 0 aromatic carbocycles. The molecule has 3 heteroatoms. The van der Waals surface area contributed by atoms with Crippen molar-refractivity contribution < 1.29 is 5.11 Å². The molecule has 1 saturated carbocycles. The van der Waals surface area contributed by atoms with Crippen molar-refractivity contribution in [2.24, 2.45) is 5.92 Å². The van der Waals surface area contributed by atoms with Gasteiger partial charge in [-0.25, -0.2) is 0 Å². The highest BCUT2D eigenvalue weighted by molar-refractivity contribution is 4.77. The molecule has 0 heterocycles. The summed E-state index contributed by atoms with van der Waals surface area (Å²) in [4.78, 5) is 2.39. The summed E-state index contributed by atoms with van der Waals surface area (Å²) in [5, 5.41) is 12.6. The second kappa shape index (κ2) is 6.46. The fourth-order valence-electron chi connectivity index (χ4n) is 1.91. The van der Waals surface area contributed by atoms with Gasteiger partial charge in [-0.05, 0) is 38.8 Å². The molecule has 0 saturated heterocycles. The van der Waals surface area contributed by atoms with E-state index in [2.05, 4.69) is 31.1 Å². The molecule has 0 aromatic heterocycles. The van der Waals surface area contributed by atoms with Crippen LogP contribution in [0.5, 0.6) is 0 Å². The van der Waals surface area contributed by atoms with Crippen LogP contribution in [0.4, 0.5) is 0 Å². The Balaban J connectivity index is 2.08. The van der Waals surface area contributed by atoms with E-state index in [-0.39, 0.29) is 12.6 Å². The van der Waals surface area contributed by atoms with Crippen molar-refractivity contribution in [3.05, 3.63) is 0 Å². The predicted octanol–water partition coefficient (Wildman–Crippen LogP) is 1.08. The Bertz CT molecular complexity index is 169. The molecule has 1 fully saturated rings. The van der Waals surface area contributed by atoms with Gasteiger partial charge >= 0.3 is 0 Å². The van der Waals surface area contributed by atoms with Gasteiger partial charge in [-0.1, -0.05) is 13.8 Å². The number of nitrogens with one attached hydrogen (secondary N) is 1. The van der Waals surface area contributed by atoms with Crippen molar-refractivity contribution in [2.45, 2.75) is 45.2 Å². The summed E-state index contributed by atoms with van der Waals surface area (Å²) in [6.45, 7) is 6.81. The summed E-state index contributed by atoms with van der Waals surface area (Å²) >= 11 is 0. The van der Waals surface area contributed by atoms with Gasteiger partial charge in [0.25, 0.3) is 0 Å². The number of aliphatic hydroxyl groups excluding tert-OH is 1. The monoisotopic (exact) mass is 214 g/mol. The van der Waals surface area contributed by atoms with Gasteiger partial charge in [0.1, 0.15) is 0 Å². The summed E-state index contributed by atoms with van der Waals surface area (Å²) in [6, 6.07) is 0.711. The lowest BCUT2D eigenvalue weighted by atomic mass is 10.2. The van der Waals surface area contributed by atoms with Crippen molar-refractivity contribution in [3.8, 4) is 0 Å². The van der Waals surface area contributed by atoms with E-state index in [0.29, 0.717) is 6.04 Å². The Kier molecular flexibility index (Phi) is 5.58. The van der Waals surface area contributed by atoms with Gasteiger partial charge in [-0.2, -0.15) is 0 Å². The fourth-order valence-corrected chi connectivity index (χ4v) is 1.91. The Morgan fingerprint density at radius 3 is 2.53 bits per heavy atom. The van der Waals surface area contributed by atoms with Gasteiger partial charge in [0, 0.05) is 18.6 Å². The molecule has 15 heavy (non-hydrogen) atoms. The van der Waals surface area contributed by atoms with E-state index >= 15 is 0 Å². The third-order valence-corrected chi connectivity index (χ3v) is 2.92. The third-order valence-electron chi connectivity index (χ3n) is 2.92. The van der Waals surface area contributed by atoms with Crippen LogP contribution in [-0.2, 0) is 0 Å². The van der Waals surface area contributed by atoms with E-state index in [9.17, 15) is 5.11 Å². The minimum absolute atomic E-state index is 0.245. The quantitative estimate of drug-likeness (QED) is 0.634. The Morgan fingerprint density at radius 2 is 2.07 bits per heavy atom. The molecule has 0 aliphatic heterocycles. The molecule has 0 bridgehead atoms. The average Bonchev–Trinajstić information content (AvgIpc) is 2.95. The van der Waals surface area contributed by atoms with Crippen LogP contribution in [0.1, 0.15) is 33.1 Å². The molecular formula is C12H26N2O. The maximum Gasteiger partial charge on any atom is 0.0585 e. The maximum absolute atomic E-state index is 9.20. The third kappa shape index (κ3) is 6.13. The molecule has 1 atom stereocenters. The molecule has 0 amide bonds. The first-order chi connectivity index (χ1) is 7.11. The van der Waals surface area contributed by atoms with Crippen LogP contribution >= 0.6 is 0 Å². The molecule has 90 valence electrons. The van der Waals surface area contributed by atoms with Gasteiger partial charge < -0.3 is 15.3 Å². The zero-order valence-electron chi connectivity index (χ0n) is 10.4. The van der Waals surface area contributed by atoms with Crippen molar-refractivity contribution in [2.75, 3.05) is 26.7 Å². The first-order valence-corrected chi connectivity index (χ1v) is 6.17. The second-order valence-corrected chi connectivity index (χ2v) is 5.20. The van der Waals surface area contributed by atoms with Crippen molar-refractivity contribution in [1.82, 2.24) is 10.2 Å². The molecule has 1 rings (SSSR count). The minimum atomic E-state index is 0.245. The molecule has 0 radical (unpaired) electrons. The lowest BCUT2D eigenvalue weighted by Crippen LogP contribution is -2.40. The molecule has 1 aliphatic carbocycles. The second-order valence-electron chi connectivity index (χ2n) is 5.20. The van der Waals surface area contributed by atoms with Crippen molar-refractivity contribution >= 4 is 0 Å². The van der Waals surface area contributed by atoms with Gasteiger partial charge in [0.15, 0.2) is 0 Å². The zero-order chi connectivity index (χ0) is 11.3.